The van der Waals surface area contributed by atoms with Gasteiger partial charge in [0.25, 0.3) is 0 Å². The van der Waals surface area contributed by atoms with Gasteiger partial charge in [-0.25, -0.2) is 0 Å². The molecular weight excluding hydrogens is 160 g/mol. The summed E-state index contributed by atoms with van der Waals surface area (Å²) in [7, 11) is 0. The van der Waals surface area contributed by atoms with Crippen molar-refractivity contribution in [3.8, 4) is 0 Å². The largest absolute Gasteiger partial charge is 0.298 e. The second kappa shape index (κ2) is 1.74. The molecule has 2 atom stereocenters. The van der Waals surface area contributed by atoms with E-state index in [1.807, 2.05) is 0 Å². The van der Waals surface area contributed by atoms with E-state index in [4.69, 9.17) is 0 Å². The molecule has 0 aromatic carbocycles. The zero-order chi connectivity index (χ0) is 10.3. The van der Waals surface area contributed by atoms with E-state index in [2.05, 4.69) is 41.5 Å². The van der Waals surface area contributed by atoms with Crippen LogP contribution in [0.25, 0.3) is 0 Å². The highest BCUT2D eigenvalue weighted by Crippen LogP contribution is 2.93. The molecule has 0 saturated heterocycles. The van der Waals surface area contributed by atoms with Crippen molar-refractivity contribution in [1.82, 2.24) is 0 Å². The maximum absolute atomic E-state index is 11.9. The smallest absolute Gasteiger partial charge is 0.148 e. The zero-order valence-electron chi connectivity index (χ0n) is 9.62. The first-order valence-electron chi connectivity index (χ1n) is 5.16. The van der Waals surface area contributed by atoms with Crippen molar-refractivity contribution in [3.63, 3.8) is 0 Å². The molecule has 13 heavy (non-hydrogen) atoms. The second-order valence-electron chi connectivity index (χ2n) is 6.82. The van der Waals surface area contributed by atoms with E-state index in [1.54, 1.807) is 0 Å². The molecule has 0 radical (unpaired) electrons. The second-order valence-corrected chi connectivity index (χ2v) is 6.82. The highest BCUT2D eigenvalue weighted by molar-refractivity contribution is 6.17. The fourth-order valence-corrected chi connectivity index (χ4v) is 3.38. The fraction of sp³-hybridized carbons (Fsp3) is 0.917. The molecule has 0 amide bonds. The molecule has 0 aromatic rings. The lowest BCUT2D eigenvalue weighted by Crippen LogP contribution is -2.18. The predicted molar refractivity (Wildman–Crippen MR) is 53.4 cm³/mol. The van der Waals surface area contributed by atoms with E-state index in [9.17, 15) is 4.79 Å². The predicted octanol–water partition coefficient (Wildman–Crippen LogP) is 3.04. The summed E-state index contributed by atoms with van der Waals surface area (Å²) in [5.41, 5.74) is 0.436. The van der Waals surface area contributed by atoms with Crippen molar-refractivity contribution in [3.05, 3.63) is 0 Å². The lowest BCUT2D eigenvalue weighted by atomic mass is 9.81. The minimum Gasteiger partial charge on any atom is -0.298 e. The van der Waals surface area contributed by atoms with Crippen LogP contribution in [0.15, 0.2) is 0 Å². The minimum atomic E-state index is 0.0538. The molecule has 2 aliphatic rings. The van der Waals surface area contributed by atoms with Crippen LogP contribution in [0, 0.1) is 21.7 Å². The molecular formula is C12H20O. The van der Waals surface area contributed by atoms with Crippen LogP contribution in [0.3, 0.4) is 0 Å². The molecule has 0 bridgehead atoms. The fourth-order valence-electron chi connectivity index (χ4n) is 3.38. The van der Waals surface area contributed by atoms with Gasteiger partial charge in [0.2, 0.25) is 0 Å². The Kier molecular flexibility index (Phi) is 1.23. The van der Waals surface area contributed by atoms with Crippen molar-refractivity contribution < 1.29 is 4.79 Å². The SMILES string of the molecule is CC(C)(C)[C@@]12C[C@]1(C(C)(C)C)C2=O. The third kappa shape index (κ3) is 0.660. The van der Waals surface area contributed by atoms with Crippen molar-refractivity contribution in [2.24, 2.45) is 21.7 Å². The summed E-state index contributed by atoms with van der Waals surface area (Å²) in [5, 5.41) is 0. The van der Waals surface area contributed by atoms with Crippen LogP contribution < -0.4 is 0 Å². The Bertz CT molecular complexity index is 261. The maximum atomic E-state index is 11.9. The van der Waals surface area contributed by atoms with Gasteiger partial charge in [-0.1, -0.05) is 41.5 Å². The van der Waals surface area contributed by atoms with Gasteiger partial charge >= 0.3 is 0 Å². The van der Waals surface area contributed by atoms with Crippen molar-refractivity contribution >= 4 is 5.78 Å². The average Bonchev–Trinajstić information content (AvgIpc) is 2.64. The molecule has 0 N–H and O–H groups in total. The molecule has 2 fully saturated rings. The number of carbonyl (C=O) groups is 1. The first kappa shape index (κ1) is 9.23. The number of hydrogen-bond donors (Lipinski definition) is 0. The number of hydrogen-bond acceptors (Lipinski definition) is 1. The first-order chi connectivity index (χ1) is 5.61. The Labute approximate surface area is 80.9 Å². The summed E-state index contributed by atoms with van der Waals surface area (Å²) in [4.78, 5) is 11.9. The molecule has 0 unspecified atom stereocenters. The van der Waals surface area contributed by atoms with Crippen LogP contribution in [0.5, 0.6) is 0 Å². The number of ketones is 1. The Morgan fingerprint density at radius 2 is 1.23 bits per heavy atom. The standard InChI is InChI=1S/C12H20O/c1-9(2,3)11-7-12(11,8(11)13)10(4,5)6/h7H2,1-6H3/t11-,12+. The highest BCUT2D eigenvalue weighted by atomic mass is 16.2. The van der Waals surface area contributed by atoms with E-state index in [1.165, 1.54) is 0 Å². The van der Waals surface area contributed by atoms with Gasteiger partial charge < -0.3 is 0 Å². The molecule has 2 rings (SSSR count). The van der Waals surface area contributed by atoms with Crippen LogP contribution in [0.2, 0.25) is 0 Å². The molecule has 1 nitrogen and oxygen atoms in total. The van der Waals surface area contributed by atoms with Gasteiger partial charge in [0.15, 0.2) is 0 Å². The van der Waals surface area contributed by atoms with E-state index < -0.39 is 0 Å². The van der Waals surface area contributed by atoms with E-state index in [0.29, 0.717) is 5.78 Å². The number of Topliss-reactive ketones (excluding diaryl/α,β-unsaturated/α-hetero) is 1. The van der Waals surface area contributed by atoms with Gasteiger partial charge in [0.1, 0.15) is 5.78 Å². The third-order valence-corrected chi connectivity index (χ3v) is 4.41. The highest BCUT2D eigenvalue weighted by Gasteiger charge is 2.97. The van der Waals surface area contributed by atoms with Crippen LogP contribution in [-0.4, -0.2) is 5.78 Å². The van der Waals surface area contributed by atoms with Gasteiger partial charge in [-0.2, -0.15) is 0 Å². The lowest BCUT2D eigenvalue weighted by Gasteiger charge is -2.21. The van der Waals surface area contributed by atoms with E-state index >= 15 is 0 Å². The first-order valence-corrected chi connectivity index (χ1v) is 5.16. The van der Waals surface area contributed by atoms with Crippen LogP contribution in [0.1, 0.15) is 48.0 Å². The summed E-state index contributed by atoms with van der Waals surface area (Å²) < 4.78 is 0. The summed E-state index contributed by atoms with van der Waals surface area (Å²) in [5.74, 6) is 0.528. The molecule has 74 valence electrons. The molecule has 2 aliphatic carbocycles. The molecule has 0 aromatic heterocycles. The topological polar surface area (TPSA) is 17.1 Å². The van der Waals surface area contributed by atoms with Gasteiger partial charge in [-0.05, 0) is 17.3 Å². The summed E-state index contributed by atoms with van der Waals surface area (Å²) in [6, 6.07) is 0. The molecule has 1 heteroatoms. The maximum Gasteiger partial charge on any atom is 0.148 e. The van der Waals surface area contributed by atoms with E-state index in [-0.39, 0.29) is 21.7 Å². The van der Waals surface area contributed by atoms with Gasteiger partial charge in [-0.3, -0.25) is 4.79 Å². The van der Waals surface area contributed by atoms with Crippen LogP contribution >= 0.6 is 0 Å². The monoisotopic (exact) mass is 180 g/mol. The zero-order valence-corrected chi connectivity index (χ0v) is 9.62. The summed E-state index contributed by atoms with van der Waals surface area (Å²) >= 11 is 0. The van der Waals surface area contributed by atoms with Gasteiger partial charge in [-0.15, -0.1) is 0 Å². The van der Waals surface area contributed by atoms with Gasteiger partial charge in [0, 0.05) is 10.8 Å². The van der Waals surface area contributed by atoms with Crippen molar-refractivity contribution in [2.45, 2.75) is 48.0 Å². The minimum absolute atomic E-state index is 0.0538. The Morgan fingerprint density at radius 1 is 0.923 bits per heavy atom. The van der Waals surface area contributed by atoms with Crippen LogP contribution in [0.4, 0.5) is 0 Å². The Morgan fingerprint density at radius 3 is 1.31 bits per heavy atom. The summed E-state index contributed by atoms with van der Waals surface area (Å²) in [6.07, 6.45) is 1.13. The molecule has 2 saturated carbocycles. The molecule has 0 aliphatic heterocycles. The quantitative estimate of drug-likeness (QED) is 0.560. The normalized spacial score (nSPS) is 43.1. The number of carbonyl (C=O) groups excluding carboxylic acids is 1. The van der Waals surface area contributed by atoms with Crippen LogP contribution in [-0.2, 0) is 4.79 Å². The number of rotatable bonds is 0. The van der Waals surface area contributed by atoms with E-state index in [0.717, 1.165) is 6.42 Å². The van der Waals surface area contributed by atoms with Crippen molar-refractivity contribution in [1.29, 1.82) is 0 Å². The molecule has 0 heterocycles. The van der Waals surface area contributed by atoms with Crippen molar-refractivity contribution in [2.75, 3.05) is 0 Å². The van der Waals surface area contributed by atoms with Gasteiger partial charge in [0.05, 0.1) is 0 Å². The Hall–Kier alpha value is -0.330. The lowest BCUT2D eigenvalue weighted by molar-refractivity contribution is -0.120. The Balaban J connectivity index is 2.35. The number of fused-ring (bicyclic) bond motifs is 1. The summed E-state index contributed by atoms with van der Waals surface area (Å²) in [6.45, 7) is 13.2. The average molecular weight is 180 g/mol. The third-order valence-electron chi connectivity index (χ3n) is 4.41. The molecule has 0 spiro atoms.